The van der Waals surface area contributed by atoms with E-state index in [9.17, 15) is 14.0 Å². The van der Waals surface area contributed by atoms with Gasteiger partial charge >= 0.3 is 5.97 Å². The molecule has 1 saturated carbocycles. The Balaban J connectivity index is 1.84. The molecule has 0 bridgehead atoms. The van der Waals surface area contributed by atoms with Gasteiger partial charge in [-0.25, -0.2) is 4.39 Å². The zero-order valence-electron chi connectivity index (χ0n) is 15.8. The molecule has 1 aliphatic rings. The minimum Gasteiger partial charge on any atom is -0.460 e. The van der Waals surface area contributed by atoms with Gasteiger partial charge in [-0.1, -0.05) is 12.8 Å². The van der Waals surface area contributed by atoms with E-state index in [2.05, 4.69) is 5.32 Å². The van der Waals surface area contributed by atoms with Crippen LogP contribution in [0.5, 0.6) is 0 Å². The normalized spacial score (nSPS) is 20.5. The molecular formula is C20H29FN2O3. The Morgan fingerprint density at radius 1 is 1.31 bits per heavy atom. The summed E-state index contributed by atoms with van der Waals surface area (Å²) < 4.78 is 19.2. The average Bonchev–Trinajstić information content (AvgIpc) is 2.51. The third kappa shape index (κ3) is 6.32. The summed E-state index contributed by atoms with van der Waals surface area (Å²) in [6.45, 7) is 5.56. The van der Waals surface area contributed by atoms with E-state index < -0.39 is 17.3 Å². The molecule has 1 aromatic rings. The lowest BCUT2D eigenvalue weighted by atomic mass is 9.83. The number of nitrogens with two attached hydrogens (primary N) is 1. The van der Waals surface area contributed by atoms with Gasteiger partial charge < -0.3 is 15.8 Å². The van der Waals surface area contributed by atoms with Gasteiger partial charge in [0.05, 0.1) is 5.56 Å². The van der Waals surface area contributed by atoms with Crippen LogP contribution in [0.4, 0.5) is 10.1 Å². The second-order valence-electron chi connectivity index (χ2n) is 8.07. The van der Waals surface area contributed by atoms with Gasteiger partial charge in [-0.15, -0.1) is 0 Å². The number of nitrogen functional groups attached to an aromatic ring is 1. The van der Waals surface area contributed by atoms with E-state index in [1.807, 2.05) is 20.8 Å². The molecule has 1 unspecified atom stereocenters. The molecule has 5 nitrogen and oxygen atoms in total. The highest BCUT2D eigenvalue weighted by Crippen LogP contribution is 2.28. The van der Waals surface area contributed by atoms with Crippen molar-refractivity contribution in [2.75, 3.05) is 5.73 Å². The summed E-state index contributed by atoms with van der Waals surface area (Å²) >= 11 is 0. The van der Waals surface area contributed by atoms with Crippen molar-refractivity contribution < 1.29 is 18.7 Å². The fraction of sp³-hybridized carbons (Fsp3) is 0.600. The van der Waals surface area contributed by atoms with E-state index in [0.717, 1.165) is 38.2 Å². The first kappa shape index (κ1) is 20.2. The van der Waals surface area contributed by atoms with Crippen LogP contribution in [0.1, 0.15) is 69.7 Å². The molecule has 0 aromatic heterocycles. The van der Waals surface area contributed by atoms with E-state index >= 15 is 0 Å². The maximum absolute atomic E-state index is 13.9. The molecule has 1 aromatic carbocycles. The molecule has 0 radical (unpaired) electrons. The van der Waals surface area contributed by atoms with Gasteiger partial charge in [0.2, 0.25) is 0 Å². The molecule has 0 saturated heterocycles. The van der Waals surface area contributed by atoms with Crippen molar-refractivity contribution in [3.05, 3.63) is 29.6 Å². The summed E-state index contributed by atoms with van der Waals surface area (Å²) in [6, 6.07) is 4.07. The third-order valence-corrected chi connectivity index (χ3v) is 4.53. The van der Waals surface area contributed by atoms with Gasteiger partial charge in [0.25, 0.3) is 5.91 Å². The van der Waals surface area contributed by atoms with Gasteiger partial charge in [0, 0.05) is 18.2 Å². The first-order valence-electron chi connectivity index (χ1n) is 9.22. The number of esters is 1. The topological polar surface area (TPSA) is 81.4 Å². The zero-order valence-corrected chi connectivity index (χ0v) is 15.8. The Morgan fingerprint density at radius 3 is 2.69 bits per heavy atom. The Bertz CT molecular complexity index is 655. The lowest BCUT2D eigenvalue weighted by Gasteiger charge is -2.30. The molecule has 1 aliphatic carbocycles. The Labute approximate surface area is 154 Å². The van der Waals surface area contributed by atoms with Gasteiger partial charge in [-0.2, -0.15) is 0 Å². The molecule has 2 atom stereocenters. The van der Waals surface area contributed by atoms with Crippen LogP contribution in [-0.4, -0.2) is 23.5 Å². The largest absolute Gasteiger partial charge is 0.460 e. The predicted octanol–water partition coefficient (Wildman–Crippen LogP) is 3.82. The maximum Gasteiger partial charge on any atom is 0.306 e. The predicted molar refractivity (Wildman–Crippen MR) is 99.1 cm³/mol. The molecule has 144 valence electrons. The van der Waals surface area contributed by atoms with Crippen LogP contribution in [0.3, 0.4) is 0 Å². The summed E-state index contributed by atoms with van der Waals surface area (Å²) in [6.07, 6.45) is 4.81. The number of halogens is 1. The number of anilines is 1. The lowest BCUT2D eigenvalue weighted by Crippen LogP contribution is -2.39. The number of nitrogens with one attached hydrogen (secondary N) is 1. The third-order valence-electron chi connectivity index (χ3n) is 4.53. The molecule has 26 heavy (non-hydrogen) atoms. The van der Waals surface area contributed by atoms with Crippen LogP contribution in [0.2, 0.25) is 0 Å². The summed E-state index contributed by atoms with van der Waals surface area (Å²) in [7, 11) is 0. The van der Waals surface area contributed by atoms with Crippen molar-refractivity contribution in [1.82, 2.24) is 5.32 Å². The monoisotopic (exact) mass is 364 g/mol. The molecule has 1 fully saturated rings. The number of carbonyl (C=O) groups is 2. The molecular weight excluding hydrogens is 335 g/mol. The summed E-state index contributed by atoms with van der Waals surface area (Å²) in [4.78, 5) is 24.2. The van der Waals surface area contributed by atoms with Crippen LogP contribution in [0.25, 0.3) is 0 Å². The fourth-order valence-corrected chi connectivity index (χ4v) is 3.38. The van der Waals surface area contributed by atoms with E-state index in [-0.39, 0.29) is 17.6 Å². The standard InChI is InChI=1S/C20H29FN2O3/c1-20(2,3)26-18(24)10-7-13-5-4-6-15(11-13)23-19(25)16-9-8-14(22)12-17(16)21/h8-9,12-13,15H,4-7,10-11,22H2,1-3H3,(H,23,25)/t13?,15-/m1/s1. The van der Waals surface area contributed by atoms with E-state index in [4.69, 9.17) is 10.5 Å². The number of carbonyl (C=O) groups excluding carboxylic acids is 2. The smallest absolute Gasteiger partial charge is 0.306 e. The van der Waals surface area contributed by atoms with Crippen molar-refractivity contribution in [2.24, 2.45) is 5.92 Å². The SMILES string of the molecule is CC(C)(C)OC(=O)CCC1CCC[C@@H](NC(=O)c2ccc(N)cc2F)C1. The van der Waals surface area contributed by atoms with Gasteiger partial charge in [0.1, 0.15) is 11.4 Å². The van der Waals surface area contributed by atoms with Gasteiger partial charge in [-0.3, -0.25) is 9.59 Å². The molecule has 0 spiro atoms. The van der Waals surface area contributed by atoms with Crippen LogP contribution in [0.15, 0.2) is 18.2 Å². The highest BCUT2D eigenvalue weighted by molar-refractivity contribution is 5.95. The van der Waals surface area contributed by atoms with E-state index in [1.54, 1.807) is 0 Å². The second-order valence-corrected chi connectivity index (χ2v) is 8.07. The van der Waals surface area contributed by atoms with Gasteiger partial charge in [-0.05, 0) is 64.2 Å². The summed E-state index contributed by atoms with van der Waals surface area (Å²) in [5.74, 6) is -0.856. The summed E-state index contributed by atoms with van der Waals surface area (Å²) in [5, 5.41) is 2.92. The highest BCUT2D eigenvalue weighted by atomic mass is 19.1. The molecule has 6 heteroatoms. The first-order valence-corrected chi connectivity index (χ1v) is 9.22. The highest BCUT2D eigenvalue weighted by Gasteiger charge is 2.26. The average molecular weight is 364 g/mol. The van der Waals surface area contributed by atoms with Crippen LogP contribution in [-0.2, 0) is 9.53 Å². The minimum atomic E-state index is -0.611. The quantitative estimate of drug-likeness (QED) is 0.615. The lowest BCUT2D eigenvalue weighted by molar-refractivity contribution is -0.155. The number of hydrogen-bond donors (Lipinski definition) is 2. The van der Waals surface area contributed by atoms with Crippen LogP contribution < -0.4 is 11.1 Å². The number of amides is 1. The van der Waals surface area contributed by atoms with Crippen molar-refractivity contribution in [3.8, 4) is 0 Å². The number of hydrogen-bond acceptors (Lipinski definition) is 4. The minimum absolute atomic E-state index is 0.00293. The van der Waals surface area contributed by atoms with Crippen LogP contribution >= 0.6 is 0 Å². The van der Waals surface area contributed by atoms with Crippen molar-refractivity contribution in [2.45, 2.75) is 70.9 Å². The number of rotatable bonds is 5. The second kappa shape index (κ2) is 8.52. The Morgan fingerprint density at radius 2 is 2.04 bits per heavy atom. The maximum atomic E-state index is 13.9. The molecule has 3 N–H and O–H groups in total. The molecule has 2 rings (SSSR count). The van der Waals surface area contributed by atoms with Crippen molar-refractivity contribution in [1.29, 1.82) is 0 Å². The molecule has 1 amide bonds. The first-order chi connectivity index (χ1) is 12.1. The van der Waals surface area contributed by atoms with Gasteiger partial charge in [0.15, 0.2) is 0 Å². The fourth-order valence-electron chi connectivity index (χ4n) is 3.38. The molecule has 0 aliphatic heterocycles. The van der Waals surface area contributed by atoms with Crippen molar-refractivity contribution in [3.63, 3.8) is 0 Å². The van der Waals surface area contributed by atoms with Crippen molar-refractivity contribution >= 4 is 17.6 Å². The number of benzene rings is 1. The van der Waals surface area contributed by atoms with Crippen LogP contribution in [0, 0.1) is 11.7 Å². The zero-order chi connectivity index (χ0) is 19.3. The Kier molecular flexibility index (Phi) is 6.62. The molecule has 0 heterocycles. The summed E-state index contributed by atoms with van der Waals surface area (Å²) in [5.41, 5.74) is 5.35. The Hall–Kier alpha value is -2.11. The van der Waals surface area contributed by atoms with E-state index in [0.29, 0.717) is 18.0 Å². The van der Waals surface area contributed by atoms with E-state index in [1.165, 1.54) is 12.1 Å². The number of ether oxygens (including phenoxy) is 1.